The van der Waals surface area contributed by atoms with Crippen LogP contribution in [0.4, 0.5) is 17.1 Å². The van der Waals surface area contributed by atoms with Gasteiger partial charge in [-0.15, -0.1) is 23.2 Å². The quantitative estimate of drug-likeness (QED) is 0.0187. The minimum absolute atomic E-state index is 0.0259. The van der Waals surface area contributed by atoms with Crippen LogP contribution in [-0.2, 0) is 33.3 Å². The summed E-state index contributed by atoms with van der Waals surface area (Å²) in [6.07, 6.45) is 10.0. The van der Waals surface area contributed by atoms with Gasteiger partial charge in [0.2, 0.25) is 11.8 Å². The van der Waals surface area contributed by atoms with Gasteiger partial charge in [-0.1, -0.05) is 67.1 Å². The number of nitrogens with zero attached hydrogens (tertiary/aromatic N) is 3. The fraction of sp³-hybridized carbons (Fsp3) is 0.255. The summed E-state index contributed by atoms with van der Waals surface area (Å²) in [4.78, 5) is 101. The summed E-state index contributed by atoms with van der Waals surface area (Å²) >= 11 is 12.8. The molecule has 5 aromatic carbocycles. The number of hydrogen-bond acceptors (Lipinski definition) is 9. The second-order valence-electron chi connectivity index (χ2n) is 17.0. The number of aromatic hydroxyl groups is 1. The van der Waals surface area contributed by atoms with Crippen molar-refractivity contribution in [3.05, 3.63) is 125 Å². The number of phenols is 1. The van der Waals surface area contributed by atoms with Crippen molar-refractivity contribution in [2.75, 3.05) is 53.1 Å². The fourth-order valence-electron chi connectivity index (χ4n) is 9.15. The van der Waals surface area contributed by atoms with E-state index in [4.69, 9.17) is 27.7 Å². The van der Waals surface area contributed by atoms with E-state index in [1.165, 1.54) is 35.3 Å². The number of phosphoric acid groups is 1. The van der Waals surface area contributed by atoms with Crippen LogP contribution in [0, 0.1) is 0 Å². The van der Waals surface area contributed by atoms with Gasteiger partial charge in [0.15, 0.2) is 0 Å². The topological polar surface area (TPSA) is 223 Å². The lowest BCUT2D eigenvalue weighted by Crippen LogP contribution is -2.31. The Bertz CT molecular complexity index is 3060. The van der Waals surface area contributed by atoms with Gasteiger partial charge >= 0.3 is 7.82 Å². The summed E-state index contributed by atoms with van der Waals surface area (Å²) < 4.78 is 17.0. The van der Waals surface area contributed by atoms with Crippen LogP contribution in [0.2, 0.25) is 0 Å². The molecule has 3 heterocycles. The van der Waals surface area contributed by atoms with Gasteiger partial charge in [0.1, 0.15) is 11.5 Å². The molecule has 0 unspecified atom stereocenters. The van der Waals surface area contributed by atoms with Crippen LogP contribution in [0.25, 0.3) is 33.7 Å². The van der Waals surface area contributed by atoms with Crippen LogP contribution in [0.1, 0.15) is 66.2 Å². The van der Waals surface area contributed by atoms with Crippen molar-refractivity contribution in [1.82, 2.24) is 10.2 Å². The standard InChI is InChI=1S/C51H48Cl2N5O11P/c52-27-33-29-57(40-25-42(59)35-8-3-5-10-37(35)50(33)40)49(65)18-16-32-15-13-31(24-39(32)55-45(61)21-22-54-44(60)12-2-1-7-23-56-46(62)19-20-47(56)63)14-17-48(64)58-30-34(28-53)51-38-11-6-4-9-36(38)43(26-41(51)58)69-70(66,67)68/h3-6,8-11,13-20,24-26,33-34,59H,1-2,7,12,21-23,27-30H2,(H,54,60)(H,55,61)(H2,66,67,68)/t33-,34-/m1/s1. The molecule has 8 rings (SSSR count). The first-order chi connectivity index (χ1) is 33.6. The Morgan fingerprint density at radius 1 is 0.714 bits per heavy atom. The van der Waals surface area contributed by atoms with Gasteiger partial charge in [0.25, 0.3) is 23.6 Å². The van der Waals surface area contributed by atoms with Crippen molar-refractivity contribution in [2.45, 2.75) is 43.9 Å². The van der Waals surface area contributed by atoms with Gasteiger partial charge in [-0.05, 0) is 64.1 Å². The van der Waals surface area contributed by atoms with Crippen molar-refractivity contribution >= 4 is 117 Å². The molecule has 19 heteroatoms. The van der Waals surface area contributed by atoms with E-state index in [1.807, 2.05) is 18.2 Å². The first-order valence-electron chi connectivity index (χ1n) is 22.5. The second kappa shape index (κ2) is 21.5. The molecular formula is C51H48Cl2N5O11P. The van der Waals surface area contributed by atoms with Gasteiger partial charge in [-0.2, -0.15) is 0 Å². The van der Waals surface area contributed by atoms with Gasteiger partial charge in [0.05, 0.1) is 11.4 Å². The summed E-state index contributed by atoms with van der Waals surface area (Å²) in [5.41, 5.74) is 3.76. The van der Waals surface area contributed by atoms with Crippen molar-refractivity contribution < 1.29 is 52.7 Å². The average Bonchev–Trinajstić information content (AvgIpc) is 4.01. The summed E-state index contributed by atoms with van der Waals surface area (Å²) in [5.74, 6) is -2.42. The molecule has 0 aromatic heterocycles. The van der Waals surface area contributed by atoms with Crippen LogP contribution in [-0.4, -0.2) is 93.2 Å². The molecule has 5 N–H and O–H groups in total. The number of anilines is 3. The minimum Gasteiger partial charge on any atom is -0.507 e. The number of alkyl halides is 2. The highest BCUT2D eigenvalue weighted by Crippen LogP contribution is 2.49. The first kappa shape index (κ1) is 49.6. The third-order valence-corrected chi connectivity index (χ3v) is 13.6. The molecule has 6 amide bonds. The monoisotopic (exact) mass is 1010 g/mol. The maximum absolute atomic E-state index is 14.0. The lowest BCUT2D eigenvalue weighted by atomic mass is 9.95. The maximum atomic E-state index is 14.0. The Morgan fingerprint density at radius 2 is 1.30 bits per heavy atom. The van der Waals surface area contributed by atoms with Crippen LogP contribution in [0.3, 0.4) is 0 Å². The number of unbranched alkanes of at least 4 members (excludes halogenated alkanes) is 2. The number of benzene rings is 5. The summed E-state index contributed by atoms with van der Waals surface area (Å²) in [7, 11) is -4.97. The fourth-order valence-corrected chi connectivity index (χ4v) is 10.1. The molecule has 5 aromatic rings. The van der Waals surface area contributed by atoms with Gasteiger partial charge in [0, 0.05) is 116 Å². The Hall–Kier alpha value is -6.81. The number of phenolic OH excluding ortho intramolecular Hbond substituents is 1. The molecule has 0 saturated heterocycles. The summed E-state index contributed by atoms with van der Waals surface area (Å²) in [5, 5.41) is 19.1. The Labute approximate surface area is 412 Å². The lowest BCUT2D eigenvalue weighted by molar-refractivity contribution is -0.137. The lowest BCUT2D eigenvalue weighted by Gasteiger charge is -2.18. The molecule has 3 aliphatic rings. The van der Waals surface area contributed by atoms with Gasteiger partial charge in [-0.25, -0.2) is 4.57 Å². The van der Waals surface area contributed by atoms with Crippen LogP contribution < -0.4 is 25.0 Å². The number of halogens is 2. The van der Waals surface area contributed by atoms with E-state index >= 15 is 0 Å². The highest BCUT2D eigenvalue weighted by molar-refractivity contribution is 7.46. The van der Waals surface area contributed by atoms with E-state index in [-0.39, 0.29) is 91.8 Å². The summed E-state index contributed by atoms with van der Waals surface area (Å²) in [6, 6.07) is 22.3. The number of carbonyl (C=O) groups is 6. The number of carbonyl (C=O) groups excluding carboxylic acids is 6. The first-order valence-corrected chi connectivity index (χ1v) is 25.1. The summed E-state index contributed by atoms with van der Waals surface area (Å²) in [6.45, 7) is 0.764. The zero-order valence-electron chi connectivity index (χ0n) is 37.6. The highest BCUT2D eigenvalue weighted by atomic mass is 35.5. The largest absolute Gasteiger partial charge is 0.524 e. The smallest absolute Gasteiger partial charge is 0.507 e. The van der Waals surface area contributed by atoms with Crippen LogP contribution in [0.5, 0.6) is 11.5 Å². The second-order valence-corrected chi connectivity index (χ2v) is 18.8. The number of hydrogen-bond donors (Lipinski definition) is 5. The van der Waals surface area contributed by atoms with Crippen LogP contribution >= 0.6 is 31.0 Å². The predicted molar refractivity (Wildman–Crippen MR) is 269 cm³/mol. The molecule has 0 bridgehead atoms. The normalized spacial score (nSPS) is 16.5. The number of imide groups is 1. The SMILES string of the molecule is O=C(CCCCCN1C(=O)C=CC1=O)NCCC(=O)Nc1cc(C=CC(=O)N2C[C@@H](CCl)c3c2cc(OP(=O)(O)O)c2ccccc32)ccc1C=CC(=O)N1C[C@@H](CCl)c2c1cc(O)c1ccccc21. The Balaban J connectivity index is 0.993. The van der Waals surface area contributed by atoms with Crippen LogP contribution in [0.15, 0.2) is 103 Å². The van der Waals surface area contributed by atoms with E-state index in [0.29, 0.717) is 63.6 Å². The average molecular weight is 1010 g/mol. The van der Waals surface area contributed by atoms with Gasteiger partial charge < -0.3 is 30.1 Å². The number of phosphoric ester groups is 1. The number of fused-ring (bicyclic) bond motifs is 6. The predicted octanol–water partition coefficient (Wildman–Crippen LogP) is 7.87. The molecular weight excluding hydrogens is 960 g/mol. The zero-order valence-corrected chi connectivity index (χ0v) is 40.0. The molecule has 16 nitrogen and oxygen atoms in total. The third kappa shape index (κ3) is 11.0. The molecule has 2 atom stereocenters. The number of rotatable bonds is 18. The minimum atomic E-state index is -4.97. The molecule has 3 aliphatic heterocycles. The number of nitrogens with one attached hydrogen (secondary N) is 2. The van der Waals surface area contributed by atoms with Crippen molar-refractivity contribution in [1.29, 1.82) is 0 Å². The number of amides is 6. The van der Waals surface area contributed by atoms with Crippen molar-refractivity contribution in [2.24, 2.45) is 0 Å². The highest BCUT2D eigenvalue weighted by Gasteiger charge is 2.36. The molecule has 0 fully saturated rings. The van der Waals surface area contributed by atoms with E-state index in [9.17, 15) is 48.2 Å². The van der Waals surface area contributed by atoms with Gasteiger partial charge in [-0.3, -0.25) is 43.5 Å². The van der Waals surface area contributed by atoms with E-state index in [2.05, 4.69) is 10.6 Å². The zero-order chi connectivity index (χ0) is 49.7. The molecule has 0 saturated carbocycles. The molecule has 0 radical (unpaired) electrons. The van der Waals surface area contributed by atoms with E-state index in [0.717, 1.165) is 21.4 Å². The third-order valence-electron chi connectivity index (χ3n) is 12.4. The van der Waals surface area contributed by atoms with Crippen molar-refractivity contribution in [3.8, 4) is 11.5 Å². The molecule has 0 aliphatic carbocycles. The van der Waals surface area contributed by atoms with E-state index < -0.39 is 25.5 Å². The maximum Gasteiger partial charge on any atom is 0.524 e. The Kier molecular flexibility index (Phi) is 15.2. The van der Waals surface area contributed by atoms with E-state index in [1.54, 1.807) is 71.6 Å². The molecule has 70 heavy (non-hydrogen) atoms. The molecule has 362 valence electrons. The molecule has 0 spiro atoms. The van der Waals surface area contributed by atoms with Crippen molar-refractivity contribution in [3.63, 3.8) is 0 Å². The Morgan fingerprint density at radius 3 is 1.93 bits per heavy atom.